The molecule has 4 aromatic carbocycles. The Bertz CT molecular complexity index is 1530. The van der Waals surface area contributed by atoms with Crippen molar-refractivity contribution < 1.29 is 4.74 Å². The van der Waals surface area contributed by atoms with Crippen LogP contribution < -0.4 is 15.0 Å². The predicted molar refractivity (Wildman–Crippen MR) is 160 cm³/mol. The summed E-state index contributed by atoms with van der Waals surface area (Å²) in [5.41, 5.74) is 5.75. The summed E-state index contributed by atoms with van der Waals surface area (Å²) in [6, 6.07) is 33.9. The fourth-order valence-electron chi connectivity index (χ4n) is 5.51. The zero-order chi connectivity index (χ0) is 26.6. The van der Waals surface area contributed by atoms with Crippen LogP contribution in [0.2, 0.25) is 5.02 Å². The van der Waals surface area contributed by atoms with Gasteiger partial charge in [0.25, 0.3) is 0 Å². The van der Waals surface area contributed by atoms with Gasteiger partial charge < -0.3 is 15.0 Å². The van der Waals surface area contributed by atoms with Gasteiger partial charge in [0.1, 0.15) is 17.9 Å². The maximum absolute atomic E-state index is 6.24. The molecule has 1 aliphatic rings. The SMILES string of the molecule is COc1ccc(C(c2ccc(Cl)cc2)c2ccc3ncnc(NC4CCN(c5ccccc5)CC4)c3c2)cc1. The third-order valence-corrected chi connectivity index (χ3v) is 7.85. The average molecular weight is 535 g/mol. The van der Waals surface area contributed by atoms with Crippen molar-refractivity contribution in [3.05, 3.63) is 125 Å². The third kappa shape index (κ3) is 5.55. The van der Waals surface area contributed by atoms with Crippen molar-refractivity contribution in [3.63, 3.8) is 0 Å². The first-order valence-corrected chi connectivity index (χ1v) is 13.8. The highest BCUT2D eigenvalue weighted by molar-refractivity contribution is 6.30. The minimum atomic E-state index is 0.0275. The summed E-state index contributed by atoms with van der Waals surface area (Å²) >= 11 is 6.24. The predicted octanol–water partition coefficient (Wildman–Crippen LogP) is 7.55. The van der Waals surface area contributed by atoms with Gasteiger partial charge in [-0.1, -0.05) is 60.1 Å². The van der Waals surface area contributed by atoms with E-state index in [4.69, 9.17) is 16.3 Å². The van der Waals surface area contributed by atoms with Crippen molar-refractivity contribution >= 4 is 34.0 Å². The van der Waals surface area contributed by atoms with Crippen LogP contribution in [0, 0.1) is 0 Å². The molecule has 1 atom stereocenters. The van der Waals surface area contributed by atoms with Crippen LogP contribution in [0.4, 0.5) is 11.5 Å². The minimum Gasteiger partial charge on any atom is -0.497 e. The van der Waals surface area contributed by atoms with E-state index in [1.165, 1.54) is 22.4 Å². The van der Waals surface area contributed by atoms with Crippen LogP contribution >= 0.6 is 11.6 Å². The number of anilines is 2. The molecule has 6 heteroatoms. The number of benzene rings is 4. The largest absolute Gasteiger partial charge is 0.497 e. The van der Waals surface area contributed by atoms with Crippen LogP contribution in [-0.2, 0) is 0 Å². The lowest BCUT2D eigenvalue weighted by Gasteiger charge is -2.34. The van der Waals surface area contributed by atoms with Gasteiger partial charge in [-0.15, -0.1) is 0 Å². The van der Waals surface area contributed by atoms with Crippen LogP contribution in [0.25, 0.3) is 10.9 Å². The van der Waals surface area contributed by atoms with E-state index >= 15 is 0 Å². The zero-order valence-electron chi connectivity index (χ0n) is 21.9. The summed E-state index contributed by atoms with van der Waals surface area (Å²) in [5, 5.41) is 5.51. The molecular formula is C33H31ClN4O. The number of ether oxygens (including phenoxy) is 1. The number of halogens is 1. The van der Waals surface area contributed by atoms with Crippen molar-refractivity contribution in [2.75, 3.05) is 30.4 Å². The van der Waals surface area contributed by atoms with E-state index < -0.39 is 0 Å². The van der Waals surface area contributed by atoms with E-state index in [9.17, 15) is 0 Å². The number of rotatable bonds is 7. The average Bonchev–Trinajstić information content (AvgIpc) is 3.00. The fraction of sp³-hybridized carbons (Fsp3) is 0.212. The normalized spacial score (nSPS) is 14.8. The van der Waals surface area contributed by atoms with Gasteiger partial charge in [0.05, 0.1) is 12.6 Å². The second kappa shape index (κ2) is 11.3. The molecule has 1 fully saturated rings. The Labute approximate surface area is 234 Å². The Morgan fingerprint density at radius 3 is 2.18 bits per heavy atom. The molecule has 6 rings (SSSR count). The van der Waals surface area contributed by atoms with Gasteiger partial charge in [-0.3, -0.25) is 0 Å². The number of para-hydroxylation sites is 1. The first-order chi connectivity index (χ1) is 19.2. The summed E-state index contributed by atoms with van der Waals surface area (Å²) in [4.78, 5) is 11.7. The molecular weight excluding hydrogens is 504 g/mol. The molecule has 0 aliphatic carbocycles. The van der Waals surface area contributed by atoms with Crippen LogP contribution in [0.5, 0.6) is 5.75 Å². The van der Waals surface area contributed by atoms with Gasteiger partial charge in [0, 0.05) is 41.1 Å². The van der Waals surface area contributed by atoms with Gasteiger partial charge >= 0.3 is 0 Å². The minimum absolute atomic E-state index is 0.0275. The van der Waals surface area contributed by atoms with E-state index in [0.29, 0.717) is 6.04 Å². The lowest BCUT2D eigenvalue weighted by atomic mass is 9.84. The summed E-state index contributed by atoms with van der Waals surface area (Å²) in [7, 11) is 1.69. The number of piperidine rings is 1. The van der Waals surface area contributed by atoms with Gasteiger partial charge in [0.2, 0.25) is 0 Å². The molecule has 1 unspecified atom stereocenters. The molecule has 2 heterocycles. The molecule has 0 spiro atoms. The van der Waals surface area contributed by atoms with E-state index in [0.717, 1.165) is 53.4 Å². The third-order valence-electron chi connectivity index (χ3n) is 7.60. The Hall–Kier alpha value is -4.09. The lowest BCUT2D eigenvalue weighted by molar-refractivity contribution is 0.414. The van der Waals surface area contributed by atoms with Gasteiger partial charge in [-0.2, -0.15) is 0 Å². The van der Waals surface area contributed by atoms with E-state index in [1.807, 2.05) is 24.3 Å². The monoisotopic (exact) mass is 534 g/mol. The van der Waals surface area contributed by atoms with Crippen molar-refractivity contribution in [2.45, 2.75) is 24.8 Å². The number of hydrogen-bond acceptors (Lipinski definition) is 5. The van der Waals surface area contributed by atoms with Crippen LogP contribution in [-0.4, -0.2) is 36.2 Å². The highest BCUT2D eigenvalue weighted by Crippen LogP contribution is 2.36. The summed E-state index contributed by atoms with van der Waals surface area (Å²) in [6.07, 6.45) is 3.77. The molecule has 0 amide bonds. The van der Waals surface area contributed by atoms with E-state index in [-0.39, 0.29) is 5.92 Å². The standard InChI is InChI=1S/C33H31ClN4O/c1-39-29-14-9-24(10-15-29)32(23-7-12-26(34)13-8-23)25-11-16-31-30(21-25)33(36-22-35-31)37-27-17-19-38(20-18-27)28-5-3-2-4-6-28/h2-16,21-22,27,32H,17-20H2,1H3,(H,35,36,37). The molecule has 1 aliphatic heterocycles. The topological polar surface area (TPSA) is 50.3 Å². The second-order valence-corrected chi connectivity index (χ2v) is 10.4. The number of methoxy groups -OCH3 is 1. The van der Waals surface area contributed by atoms with Crippen LogP contribution in [0.15, 0.2) is 103 Å². The van der Waals surface area contributed by atoms with Gasteiger partial charge in [-0.25, -0.2) is 9.97 Å². The fourth-order valence-corrected chi connectivity index (χ4v) is 5.64. The molecule has 1 aromatic heterocycles. The molecule has 0 saturated carbocycles. The zero-order valence-corrected chi connectivity index (χ0v) is 22.7. The molecule has 196 valence electrons. The first-order valence-electron chi connectivity index (χ1n) is 13.4. The maximum atomic E-state index is 6.24. The van der Waals surface area contributed by atoms with E-state index in [1.54, 1.807) is 13.4 Å². The highest BCUT2D eigenvalue weighted by Gasteiger charge is 2.22. The number of nitrogens with zero attached hydrogens (tertiary/aromatic N) is 3. The molecule has 0 radical (unpaired) electrons. The Kier molecular flexibility index (Phi) is 7.33. The Balaban J connectivity index is 1.30. The highest BCUT2D eigenvalue weighted by atomic mass is 35.5. The molecule has 5 nitrogen and oxygen atoms in total. The summed E-state index contributed by atoms with van der Waals surface area (Å²) in [6.45, 7) is 2.04. The van der Waals surface area contributed by atoms with Crippen LogP contribution in [0.1, 0.15) is 35.4 Å². The van der Waals surface area contributed by atoms with Gasteiger partial charge in [0.15, 0.2) is 0 Å². The molecule has 5 aromatic rings. The summed E-state index contributed by atoms with van der Waals surface area (Å²) in [5.74, 6) is 1.76. The van der Waals surface area contributed by atoms with E-state index in [2.05, 4.69) is 93.0 Å². The lowest BCUT2D eigenvalue weighted by Crippen LogP contribution is -2.39. The number of hydrogen-bond donors (Lipinski definition) is 1. The molecule has 1 N–H and O–H groups in total. The molecule has 0 bridgehead atoms. The smallest absolute Gasteiger partial charge is 0.137 e. The van der Waals surface area contributed by atoms with Crippen molar-refractivity contribution in [1.29, 1.82) is 0 Å². The van der Waals surface area contributed by atoms with Crippen molar-refractivity contribution in [2.24, 2.45) is 0 Å². The summed E-state index contributed by atoms with van der Waals surface area (Å²) < 4.78 is 5.41. The first kappa shape index (κ1) is 25.2. The second-order valence-electron chi connectivity index (χ2n) is 10.00. The maximum Gasteiger partial charge on any atom is 0.137 e. The quantitative estimate of drug-likeness (QED) is 0.218. The molecule has 39 heavy (non-hydrogen) atoms. The molecule has 1 saturated heterocycles. The number of fused-ring (bicyclic) bond motifs is 1. The van der Waals surface area contributed by atoms with Crippen molar-refractivity contribution in [1.82, 2.24) is 9.97 Å². The Morgan fingerprint density at radius 2 is 1.49 bits per heavy atom. The number of nitrogens with one attached hydrogen (secondary N) is 1. The van der Waals surface area contributed by atoms with Gasteiger partial charge in [-0.05, 0) is 78.1 Å². The number of aromatic nitrogens is 2. The van der Waals surface area contributed by atoms with Crippen LogP contribution in [0.3, 0.4) is 0 Å². The van der Waals surface area contributed by atoms with Crippen molar-refractivity contribution in [3.8, 4) is 5.75 Å². The Morgan fingerprint density at radius 1 is 0.821 bits per heavy atom.